The predicted molar refractivity (Wildman–Crippen MR) is 220 cm³/mol. The molecule has 4 heteroatoms. The molecule has 0 aliphatic rings. The highest BCUT2D eigenvalue weighted by Gasteiger charge is 2.13. The summed E-state index contributed by atoms with van der Waals surface area (Å²) in [5, 5.41) is 0. The number of para-hydroxylation sites is 4. The average molecular weight is 679 g/mol. The van der Waals surface area contributed by atoms with Crippen LogP contribution in [-0.2, 0) is 0 Å². The van der Waals surface area contributed by atoms with Crippen LogP contribution in [0.4, 0.5) is 34.1 Å². The summed E-state index contributed by atoms with van der Waals surface area (Å²) in [5.74, 6) is 0. The molecule has 6 aromatic carbocycles. The van der Waals surface area contributed by atoms with Gasteiger partial charge in [0.1, 0.15) is 0 Å². The molecule has 0 aliphatic carbocycles. The topological polar surface area (TPSA) is 6.48 Å². The van der Waals surface area contributed by atoms with Gasteiger partial charge >= 0.3 is 0 Å². The van der Waals surface area contributed by atoms with Gasteiger partial charge in [-0.1, -0.05) is 109 Å². The SMILES string of the molecule is C(=C\c1cc2sc(/C=C/c3ccc(N(c4ccccc4)c4ccccc4)cc3)cc2s1)/c1ccc(N(c2ccccc2)c2ccccc2)cc1. The molecule has 8 aromatic rings. The van der Waals surface area contributed by atoms with E-state index in [0.29, 0.717) is 0 Å². The van der Waals surface area contributed by atoms with Gasteiger partial charge in [0, 0.05) is 53.3 Å². The maximum atomic E-state index is 2.30. The summed E-state index contributed by atoms with van der Waals surface area (Å²) in [6.45, 7) is 0. The third-order valence-corrected chi connectivity index (χ3v) is 10.7. The van der Waals surface area contributed by atoms with E-state index in [0.717, 1.165) is 34.1 Å². The lowest BCUT2D eigenvalue weighted by atomic mass is 10.1. The van der Waals surface area contributed by atoms with E-state index >= 15 is 0 Å². The van der Waals surface area contributed by atoms with Crippen LogP contribution >= 0.6 is 22.7 Å². The number of fused-ring (bicyclic) bond motifs is 1. The van der Waals surface area contributed by atoms with E-state index < -0.39 is 0 Å². The van der Waals surface area contributed by atoms with Crippen LogP contribution in [-0.4, -0.2) is 0 Å². The molecular weight excluding hydrogens is 645 g/mol. The molecule has 0 bridgehead atoms. The lowest BCUT2D eigenvalue weighted by molar-refractivity contribution is 1.28. The fourth-order valence-electron chi connectivity index (χ4n) is 6.07. The summed E-state index contributed by atoms with van der Waals surface area (Å²) in [5.41, 5.74) is 9.18. The number of anilines is 6. The summed E-state index contributed by atoms with van der Waals surface area (Å²) in [6, 6.07) is 64.2. The number of rotatable bonds is 10. The molecule has 2 nitrogen and oxygen atoms in total. The summed E-state index contributed by atoms with van der Waals surface area (Å²) in [6.07, 6.45) is 8.86. The van der Waals surface area contributed by atoms with Crippen LogP contribution in [0.1, 0.15) is 20.9 Å². The van der Waals surface area contributed by atoms with Gasteiger partial charge in [0.15, 0.2) is 0 Å². The fourth-order valence-corrected chi connectivity index (χ4v) is 8.29. The maximum absolute atomic E-state index is 2.30. The molecule has 8 rings (SSSR count). The first-order valence-corrected chi connectivity index (χ1v) is 18.3. The summed E-state index contributed by atoms with van der Waals surface area (Å²) >= 11 is 3.68. The summed E-state index contributed by atoms with van der Waals surface area (Å²) < 4.78 is 2.64. The highest BCUT2D eigenvalue weighted by Crippen LogP contribution is 2.37. The van der Waals surface area contributed by atoms with E-state index in [4.69, 9.17) is 0 Å². The molecule has 0 radical (unpaired) electrons. The van der Waals surface area contributed by atoms with Crippen molar-refractivity contribution in [1.29, 1.82) is 0 Å². The second-order valence-electron chi connectivity index (χ2n) is 11.9. The second kappa shape index (κ2) is 14.7. The minimum atomic E-state index is 1.13. The first-order chi connectivity index (χ1) is 24.8. The molecular formula is C46H34N2S2. The number of thiophene rings is 2. The summed E-state index contributed by atoms with van der Waals surface area (Å²) in [4.78, 5) is 7.09. The number of hydrogen-bond donors (Lipinski definition) is 0. The van der Waals surface area contributed by atoms with Crippen molar-refractivity contribution in [3.63, 3.8) is 0 Å². The van der Waals surface area contributed by atoms with Gasteiger partial charge in [-0.3, -0.25) is 0 Å². The maximum Gasteiger partial charge on any atom is 0.0463 e. The van der Waals surface area contributed by atoms with E-state index in [1.165, 1.54) is 30.3 Å². The Bertz CT molecular complexity index is 2060. The first kappa shape index (κ1) is 31.3. The van der Waals surface area contributed by atoms with Gasteiger partial charge in [-0.25, -0.2) is 0 Å². The Morgan fingerprint density at radius 1 is 0.300 bits per heavy atom. The molecule has 0 saturated heterocycles. The molecule has 0 unspecified atom stereocenters. The molecule has 2 heterocycles. The van der Waals surface area contributed by atoms with Crippen molar-refractivity contribution in [2.24, 2.45) is 0 Å². The molecule has 0 spiro atoms. The Kier molecular flexibility index (Phi) is 9.19. The van der Waals surface area contributed by atoms with E-state index in [2.05, 4.69) is 216 Å². The average Bonchev–Trinajstić information content (AvgIpc) is 3.75. The molecule has 0 amide bonds. The first-order valence-electron chi connectivity index (χ1n) is 16.7. The molecule has 0 atom stereocenters. The van der Waals surface area contributed by atoms with Gasteiger partial charge in [0.05, 0.1) is 0 Å². The third kappa shape index (κ3) is 7.08. The fraction of sp³-hybridized carbons (Fsp3) is 0. The van der Waals surface area contributed by atoms with Crippen LogP contribution in [0.5, 0.6) is 0 Å². The molecule has 50 heavy (non-hydrogen) atoms. The predicted octanol–water partition coefficient (Wildman–Crippen LogP) is 14.2. The molecule has 0 saturated carbocycles. The van der Waals surface area contributed by atoms with E-state index in [1.54, 1.807) is 0 Å². The van der Waals surface area contributed by atoms with Gasteiger partial charge < -0.3 is 9.80 Å². The van der Waals surface area contributed by atoms with Crippen LogP contribution < -0.4 is 9.80 Å². The van der Waals surface area contributed by atoms with Gasteiger partial charge in [0.2, 0.25) is 0 Å². The van der Waals surface area contributed by atoms with Crippen LogP contribution in [0.15, 0.2) is 182 Å². The van der Waals surface area contributed by atoms with Gasteiger partial charge in [-0.2, -0.15) is 0 Å². The minimum Gasteiger partial charge on any atom is -0.311 e. The Labute approximate surface area is 301 Å². The Morgan fingerprint density at radius 3 is 0.880 bits per heavy atom. The number of benzene rings is 6. The molecule has 2 aromatic heterocycles. The van der Waals surface area contributed by atoms with Gasteiger partial charge in [-0.05, 0) is 108 Å². The highest BCUT2D eigenvalue weighted by atomic mass is 32.1. The molecule has 0 N–H and O–H groups in total. The number of nitrogens with zero attached hydrogens (tertiary/aromatic N) is 2. The zero-order valence-electron chi connectivity index (χ0n) is 27.3. The van der Waals surface area contributed by atoms with Crippen molar-refractivity contribution >= 4 is 90.5 Å². The van der Waals surface area contributed by atoms with Gasteiger partial charge in [-0.15, -0.1) is 22.7 Å². The van der Waals surface area contributed by atoms with Crippen LogP contribution in [0.2, 0.25) is 0 Å². The second-order valence-corrected chi connectivity index (χ2v) is 14.1. The van der Waals surface area contributed by atoms with Crippen molar-refractivity contribution in [2.45, 2.75) is 0 Å². The zero-order chi connectivity index (χ0) is 33.5. The minimum absolute atomic E-state index is 1.13. The van der Waals surface area contributed by atoms with Crippen molar-refractivity contribution in [1.82, 2.24) is 0 Å². The van der Waals surface area contributed by atoms with Crippen molar-refractivity contribution in [3.8, 4) is 0 Å². The van der Waals surface area contributed by atoms with Crippen LogP contribution in [0, 0.1) is 0 Å². The lowest BCUT2D eigenvalue weighted by Gasteiger charge is -2.25. The largest absolute Gasteiger partial charge is 0.311 e. The van der Waals surface area contributed by atoms with Crippen molar-refractivity contribution in [3.05, 3.63) is 203 Å². The van der Waals surface area contributed by atoms with Gasteiger partial charge in [0.25, 0.3) is 0 Å². The van der Waals surface area contributed by atoms with Crippen molar-refractivity contribution < 1.29 is 0 Å². The Balaban J connectivity index is 0.946. The van der Waals surface area contributed by atoms with Crippen molar-refractivity contribution in [2.75, 3.05) is 9.80 Å². The smallest absolute Gasteiger partial charge is 0.0463 e. The van der Waals surface area contributed by atoms with Crippen LogP contribution in [0.25, 0.3) is 33.7 Å². The van der Waals surface area contributed by atoms with E-state index in [-0.39, 0.29) is 0 Å². The molecule has 0 aliphatic heterocycles. The third-order valence-electron chi connectivity index (χ3n) is 8.49. The normalized spacial score (nSPS) is 11.4. The van der Waals surface area contributed by atoms with E-state index in [9.17, 15) is 0 Å². The highest BCUT2D eigenvalue weighted by molar-refractivity contribution is 7.28. The Morgan fingerprint density at radius 2 is 0.580 bits per heavy atom. The lowest BCUT2D eigenvalue weighted by Crippen LogP contribution is -2.09. The Hall–Kier alpha value is -5.94. The molecule has 240 valence electrons. The number of hydrogen-bond acceptors (Lipinski definition) is 4. The standard InChI is InChI=1S/C46H34N2S2/c1-5-13-37(14-6-1)47(38-15-7-2-8-16-38)41-27-21-35(22-28-41)25-31-43-33-45-46(49-43)34-44(50-45)32-26-36-23-29-42(30-24-36)48(39-17-9-3-10-18-39)40-19-11-4-12-20-40/h1-34H/b31-25+,32-26+. The molecule has 0 fully saturated rings. The monoisotopic (exact) mass is 678 g/mol. The van der Waals surface area contributed by atoms with E-state index in [1.807, 2.05) is 22.7 Å². The quantitative estimate of drug-likeness (QED) is 0.142. The van der Waals surface area contributed by atoms with Crippen LogP contribution in [0.3, 0.4) is 0 Å². The zero-order valence-corrected chi connectivity index (χ0v) is 29.0. The summed E-state index contributed by atoms with van der Waals surface area (Å²) in [7, 11) is 0.